The normalized spacial score (nSPS) is 11.4. The molecule has 4 nitrogen and oxygen atoms in total. The minimum absolute atomic E-state index is 0.0331. The Morgan fingerprint density at radius 1 is 1.10 bits per heavy atom. The first-order valence-corrected chi connectivity index (χ1v) is 9.06. The van der Waals surface area contributed by atoms with E-state index in [1.807, 2.05) is 6.92 Å². The van der Waals surface area contributed by atoms with Crippen LogP contribution in [0.5, 0.6) is 5.75 Å². The average molecular weight is 435 g/mol. The Hall–Kier alpha value is -1.05. The van der Waals surface area contributed by atoms with Crippen LogP contribution in [0.2, 0.25) is 0 Å². The molecule has 0 atom stereocenters. The van der Waals surface area contributed by atoms with Gasteiger partial charge in [0.15, 0.2) is 0 Å². The summed E-state index contributed by atoms with van der Waals surface area (Å²) in [5, 5.41) is 9.79. The summed E-state index contributed by atoms with van der Waals surface area (Å²) < 4.78 is 28.1. The molecule has 2 N–H and O–H groups in total. The molecular weight excluding hydrogens is 422 g/mol. The summed E-state index contributed by atoms with van der Waals surface area (Å²) >= 11 is 6.43. The van der Waals surface area contributed by atoms with Crippen molar-refractivity contribution in [2.75, 3.05) is 4.72 Å². The van der Waals surface area contributed by atoms with Crippen molar-refractivity contribution in [1.29, 1.82) is 0 Å². The monoisotopic (exact) mass is 433 g/mol. The molecule has 2 rings (SSSR count). The van der Waals surface area contributed by atoms with Gasteiger partial charge in [-0.15, -0.1) is 0 Å². The van der Waals surface area contributed by atoms with Crippen LogP contribution in [0.4, 0.5) is 5.69 Å². The van der Waals surface area contributed by atoms with E-state index in [1.54, 1.807) is 31.2 Å². The topological polar surface area (TPSA) is 66.4 Å². The Kier molecular flexibility index (Phi) is 4.65. The fraction of sp³-hybridized carbons (Fsp3) is 0.143. The summed E-state index contributed by atoms with van der Waals surface area (Å²) in [7, 11) is -3.67. The molecule has 7 heteroatoms. The van der Waals surface area contributed by atoms with Gasteiger partial charge in [-0.25, -0.2) is 8.42 Å². The van der Waals surface area contributed by atoms with E-state index in [0.717, 1.165) is 5.56 Å². The quantitative estimate of drug-likeness (QED) is 0.706. The number of anilines is 1. The zero-order valence-corrected chi connectivity index (χ0v) is 15.3. The number of nitrogens with one attached hydrogen (secondary N) is 1. The Labute approximate surface area is 140 Å². The van der Waals surface area contributed by atoms with Gasteiger partial charge < -0.3 is 5.11 Å². The lowest BCUT2D eigenvalue weighted by atomic mass is 10.2. The number of sulfonamides is 1. The van der Waals surface area contributed by atoms with E-state index in [2.05, 4.69) is 36.6 Å². The lowest BCUT2D eigenvalue weighted by Gasteiger charge is -2.14. The highest BCUT2D eigenvalue weighted by atomic mass is 79.9. The lowest BCUT2D eigenvalue weighted by molar-refractivity contribution is 0.468. The minimum atomic E-state index is -3.67. The highest BCUT2D eigenvalue weighted by Gasteiger charge is 2.18. The first-order valence-electron chi connectivity index (χ1n) is 5.99. The Bertz CT molecular complexity index is 787. The van der Waals surface area contributed by atoms with Gasteiger partial charge in [-0.3, -0.25) is 4.72 Å². The summed E-state index contributed by atoms with van der Waals surface area (Å²) in [6.07, 6.45) is 0. The van der Waals surface area contributed by atoms with Crippen LogP contribution in [0.25, 0.3) is 0 Å². The zero-order valence-electron chi connectivity index (χ0n) is 11.3. The Morgan fingerprint density at radius 2 is 1.67 bits per heavy atom. The molecule has 0 amide bonds. The van der Waals surface area contributed by atoms with Crippen molar-refractivity contribution in [2.45, 2.75) is 18.7 Å². The number of hydrogen-bond donors (Lipinski definition) is 2. The summed E-state index contributed by atoms with van der Waals surface area (Å²) in [5.41, 5.74) is 1.98. The van der Waals surface area contributed by atoms with Gasteiger partial charge in [-0.2, -0.15) is 0 Å². The van der Waals surface area contributed by atoms with Gasteiger partial charge in [0.2, 0.25) is 0 Å². The zero-order chi connectivity index (χ0) is 15.8. The van der Waals surface area contributed by atoms with E-state index in [9.17, 15) is 13.5 Å². The van der Waals surface area contributed by atoms with Crippen LogP contribution < -0.4 is 4.72 Å². The van der Waals surface area contributed by atoms with Crippen molar-refractivity contribution in [3.05, 3.63) is 50.4 Å². The first kappa shape index (κ1) is 16.3. The maximum Gasteiger partial charge on any atom is 0.261 e. The van der Waals surface area contributed by atoms with Crippen LogP contribution >= 0.6 is 31.9 Å². The molecule has 2 aromatic rings. The molecule has 112 valence electrons. The van der Waals surface area contributed by atoms with E-state index in [-0.39, 0.29) is 10.6 Å². The number of hydrogen-bond acceptors (Lipinski definition) is 3. The number of benzene rings is 2. The standard InChI is InChI=1S/C14H13Br2NO3S/c1-8-3-5-10(6-4-8)21(19,20)17-12-7-11(15)14(18)13(16)9(12)2/h3-7,17-18H,1-2H3. The summed E-state index contributed by atoms with van der Waals surface area (Å²) in [4.78, 5) is 0.188. The predicted molar refractivity (Wildman–Crippen MR) is 90.2 cm³/mol. The van der Waals surface area contributed by atoms with Gasteiger partial charge >= 0.3 is 0 Å². The Balaban J connectivity index is 2.44. The molecule has 0 heterocycles. The van der Waals surface area contributed by atoms with Crippen LogP contribution in [0, 0.1) is 13.8 Å². The van der Waals surface area contributed by atoms with E-state index >= 15 is 0 Å². The van der Waals surface area contributed by atoms with Gasteiger partial charge in [0, 0.05) is 0 Å². The summed E-state index contributed by atoms with van der Waals surface area (Å²) in [6.45, 7) is 3.60. The first-order chi connectivity index (χ1) is 9.72. The SMILES string of the molecule is Cc1ccc(S(=O)(=O)Nc2cc(Br)c(O)c(Br)c2C)cc1. The minimum Gasteiger partial charge on any atom is -0.506 e. The predicted octanol–water partition coefficient (Wildman–Crippen LogP) is 4.33. The molecule has 0 aromatic heterocycles. The Morgan fingerprint density at radius 3 is 2.24 bits per heavy atom. The molecule has 0 saturated heterocycles. The summed E-state index contributed by atoms with van der Waals surface area (Å²) in [6, 6.07) is 8.12. The smallest absolute Gasteiger partial charge is 0.261 e. The van der Waals surface area contributed by atoms with Crippen molar-refractivity contribution in [1.82, 2.24) is 0 Å². The largest absolute Gasteiger partial charge is 0.506 e. The molecule has 0 aliphatic carbocycles. The van der Waals surface area contributed by atoms with Gasteiger partial charge in [0.1, 0.15) is 5.75 Å². The van der Waals surface area contributed by atoms with Gasteiger partial charge in [-0.05, 0) is 69.5 Å². The highest BCUT2D eigenvalue weighted by Crippen LogP contribution is 2.39. The van der Waals surface area contributed by atoms with Crippen molar-refractivity contribution in [3.8, 4) is 5.75 Å². The molecule has 0 unspecified atom stereocenters. The third kappa shape index (κ3) is 3.41. The van der Waals surface area contributed by atoms with Crippen LogP contribution in [0.1, 0.15) is 11.1 Å². The van der Waals surface area contributed by atoms with Crippen molar-refractivity contribution in [2.24, 2.45) is 0 Å². The number of aromatic hydroxyl groups is 1. The maximum atomic E-state index is 12.4. The number of rotatable bonds is 3. The van der Waals surface area contributed by atoms with Crippen LogP contribution in [0.15, 0.2) is 44.2 Å². The van der Waals surface area contributed by atoms with Crippen molar-refractivity contribution < 1.29 is 13.5 Å². The maximum absolute atomic E-state index is 12.4. The van der Waals surface area contributed by atoms with Gasteiger partial charge in [0.25, 0.3) is 10.0 Å². The van der Waals surface area contributed by atoms with Crippen molar-refractivity contribution in [3.63, 3.8) is 0 Å². The van der Waals surface area contributed by atoms with E-state index in [0.29, 0.717) is 20.2 Å². The average Bonchev–Trinajstić information content (AvgIpc) is 2.42. The van der Waals surface area contributed by atoms with Crippen molar-refractivity contribution >= 4 is 47.6 Å². The van der Waals surface area contributed by atoms with Crippen LogP contribution in [-0.4, -0.2) is 13.5 Å². The third-order valence-corrected chi connectivity index (χ3v) is 5.97. The van der Waals surface area contributed by atoms with Gasteiger partial charge in [-0.1, -0.05) is 17.7 Å². The van der Waals surface area contributed by atoms with Crippen LogP contribution in [0.3, 0.4) is 0 Å². The second-order valence-electron chi connectivity index (χ2n) is 4.61. The fourth-order valence-corrected chi connectivity index (χ4v) is 3.97. The molecule has 0 bridgehead atoms. The van der Waals surface area contributed by atoms with Gasteiger partial charge in [0.05, 0.1) is 19.5 Å². The molecule has 0 aliphatic heterocycles. The molecule has 0 spiro atoms. The molecule has 2 aromatic carbocycles. The van der Waals surface area contributed by atoms with E-state index in [4.69, 9.17) is 0 Å². The lowest BCUT2D eigenvalue weighted by Crippen LogP contribution is -2.14. The molecule has 0 radical (unpaired) electrons. The number of aryl methyl sites for hydroxylation is 1. The number of phenols is 1. The highest BCUT2D eigenvalue weighted by molar-refractivity contribution is 9.11. The third-order valence-electron chi connectivity index (χ3n) is 3.01. The van der Waals surface area contributed by atoms with E-state index < -0.39 is 10.0 Å². The van der Waals surface area contributed by atoms with E-state index in [1.165, 1.54) is 6.07 Å². The van der Waals surface area contributed by atoms with Crippen LogP contribution in [-0.2, 0) is 10.0 Å². The number of phenolic OH excluding ortho intramolecular Hbond substituents is 1. The second kappa shape index (κ2) is 5.98. The molecule has 0 aliphatic rings. The molecule has 0 saturated carbocycles. The molecule has 21 heavy (non-hydrogen) atoms. The second-order valence-corrected chi connectivity index (χ2v) is 7.94. The fourth-order valence-electron chi connectivity index (χ4n) is 1.73. The summed E-state index contributed by atoms with van der Waals surface area (Å²) in [5.74, 6) is 0.0331. The number of halogens is 2. The molecule has 0 fully saturated rings. The molecular formula is C14H13Br2NO3S.